The number of nitrogens with zero attached hydrogens (tertiary/aromatic N) is 1. The summed E-state index contributed by atoms with van der Waals surface area (Å²) >= 11 is 12.2. The minimum absolute atomic E-state index is 0.206. The van der Waals surface area contributed by atoms with Crippen LogP contribution in [0.15, 0.2) is 18.2 Å². The molecule has 1 aromatic carbocycles. The van der Waals surface area contributed by atoms with E-state index in [1.54, 1.807) is 6.07 Å². The maximum atomic E-state index is 6.29. The summed E-state index contributed by atoms with van der Waals surface area (Å²) in [5, 5.41) is 1.39. The molecule has 18 heavy (non-hydrogen) atoms. The molecule has 0 saturated carbocycles. The number of benzene rings is 1. The van der Waals surface area contributed by atoms with E-state index in [0.29, 0.717) is 11.6 Å². The molecule has 2 atom stereocenters. The molecule has 0 aliphatic carbocycles. The highest BCUT2D eigenvalue weighted by atomic mass is 35.5. The van der Waals surface area contributed by atoms with Crippen LogP contribution in [0.3, 0.4) is 0 Å². The zero-order chi connectivity index (χ0) is 13.1. The normalized spacial score (nSPS) is 23.0. The summed E-state index contributed by atoms with van der Waals surface area (Å²) in [6.45, 7) is 5.09. The summed E-state index contributed by atoms with van der Waals surface area (Å²) in [7, 11) is 0. The molecular weight excluding hydrogens is 267 g/mol. The molecule has 0 aromatic heterocycles. The molecule has 2 N–H and O–H groups in total. The Kier molecular flexibility index (Phi) is 4.91. The summed E-state index contributed by atoms with van der Waals surface area (Å²) in [4.78, 5) is 2.45. The fourth-order valence-electron chi connectivity index (χ4n) is 2.75. The van der Waals surface area contributed by atoms with Crippen molar-refractivity contribution in [2.75, 3.05) is 19.6 Å². The Hall–Kier alpha value is -0.280. The highest BCUT2D eigenvalue weighted by molar-refractivity contribution is 6.35. The number of nitrogens with two attached hydrogens (primary N) is 1. The smallest absolute Gasteiger partial charge is 0.0485 e. The Morgan fingerprint density at radius 2 is 2.22 bits per heavy atom. The Balaban J connectivity index is 2.21. The van der Waals surface area contributed by atoms with Crippen molar-refractivity contribution in [3.63, 3.8) is 0 Å². The second kappa shape index (κ2) is 6.25. The van der Waals surface area contributed by atoms with Crippen molar-refractivity contribution >= 4 is 23.2 Å². The van der Waals surface area contributed by atoms with Crippen LogP contribution in [-0.2, 0) is 0 Å². The molecule has 0 radical (unpaired) electrons. The number of likely N-dealkylation sites (tertiary alicyclic amines) is 1. The quantitative estimate of drug-likeness (QED) is 0.918. The second-order valence-corrected chi connectivity index (χ2v) is 6.00. The Morgan fingerprint density at radius 3 is 2.83 bits per heavy atom. The van der Waals surface area contributed by atoms with E-state index in [-0.39, 0.29) is 6.04 Å². The first-order valence-corrected chi connectivity index (χ1v) is 7.26. The van der Waals surface area contributed by atoms with Gasteiger partial charge < -0.3 is 5.73 Å². The van der Waals surface area contributed by atoms with Gasteiger partial charge in [0.25, 0.3) is 0 Å². The summed E-state index contributed by atoms with van der Waals surface area (Å²) < 4.78 is 0. The molecule has 2 nitrogen and oxygen atoms in total. The van der Waals surface area contributed by atoms with Gasteiger partial charge in [-0.15, -0.1) is 0 Å². The Labute approximate surface area is 119 Å². The van der Waals surface area contributed by atoms with Gasteiger partial charge in [-0.05, 0) is 43.0 Å². The summed E-state index contributed by atoms with van der Waals surface area (Å²) in [5.41, 5.74) is 7.05. The fraction of sp³-hybridized carbons (Fsp3) is 0.571. The topological polar surface area (TPSA) is 29.3 Å². The monoisotopic (exact) mass is 286 g/mol. The SMILES string of the molecule is C[C@@H]1CCCN([C@H](CN)c2ccc(Cl)cc2Cl)C1. The maximum absolute atomic E-state index is 6.29. The predicted molar refractivity (Wildman–Crippen MR) is 78.2 cm³/mol. The lowest BCUT2D eigenvalue weighted by Gasteiger charge is -2.37. The molecule has 2 rings (SSSR count). The van der Waals surface area contributed by atoms with Crippen LogP contribution in [0.1, 0.15) is 31.4 Å². The van der Waals surface area contributed by atoms with E-state index in [0.717, 1.165) is 29.6 Å². The van der Waals surface area contributed by atoms with E-state index in [9.17, 15) is 0 Å². The molecule has 100 valence electrons. The molecular formula is C14H20Cl2N2. The first kappa shape index (κ1) is 14.1. The molecule has 1 saturated heterocycles. The average molecular weight is 287 g/mol. The van der Waals surface area contributed by atoms with Crippen LogP contribution in [0.5, 0.6) is 0 Å². The highest BCUT2D eigenvalue weighted by Crippen LogP contribution is 2.31. The number of hydrogen-bond donors (Lipinski definition) is 1. The summed E-state index contributed by atoms with van der Waals surface area (Å²) in [6.07, 6.45) is 2.55. The van der Waals surface area contributed by atoms with Crippen molar-refractivity contribution in [2.45, 2.75) is 25.8 Å². The molecule has 0 amide bonds. The average Bonchev–Trinajstić information content (AvgIpc) is 2.33. The van der Waals surface area contributed by atoms with E-state index >= 15 is 0 Å². The van der Waals surface area contributed by atoms with Gasteiger partial charge in [0.1, 0.15) is 0 Å². The summed E-state index contributed by atoms with van der Waals surface area (Å²) in [6, 6.07) is 5.90. The van der Waals surface area contributed by atoms with Gasteiger partial charge in [-0.2, -0.15) is 0 Å². The molecule has 1 aliphatic heterocycles. The van der Waals surface area contributed by atoms with Crippen LogP contribution in [-0.4, -0.2) is 24.5 Å². The van der Waals surface area contributed by atoms with Gasteiger partial charge in [0.05, 0.1) is 0 Å². The molecule has 0 unspecified atom stereocenters. The van der Waals surface area contributed by atoms with Gasteiger partial charge in [0, 0.05) is 29.2 Å². The number of halogens is 2. The molecule has 1 fully saturated rings. The minimum Gasteiger partial charge on any atom is -0.329 e. The number of piperidine rings is 1. The third-order valence-corrected chi connectivity index (χ3v) is 4.24. The minimum atomic E-state index is 0.206. The van der Waals surface area contributed by atoms with Gasteiger partial charge in [0.2, 0.25) is 0 Å². The van der Waals surface area contributed by atoms with Crippen molar-refractivity contribution in [1.29, 1.82) is 0 Å². The summed E-state index contributed by atoms with van der Waals surface area (Å²) in [5.74, 6) is 0.735. The molecule has 4 heteroatoms. The standard InChI is InChI=1S/C14H20Cl2N2/c1-10-3-2-6-18(9-10)14(8-17)12-5-4-11(15)7-13(12)16/h4-5,7,10,14H,2-3,6,8-9,17H2,1H3/t10-,14-/m1/s1. The number of hydrogen-bond acceptors (Lipinski definition) is 2. The van der Waals surface area contributed by atoms with Gasteiger partial charge in [0.15, 0.2) is 0 Å². The van der Waals surface area contributed by atoms with Crippen LogP contribution in [0, 0.1) is 5.92 Å². The van der Waals surface area contributed by atoms with Crippen LogP contribution in [0.25, 0.3) is 0 Å². The van der Waals surface area contributed by atoms with Crippen molar-refractivity contribution < 1.29 is 0 Å². The third kappa shape index (κ3) is 3.18. The van der Waals surface area contributed by atoms with Crippen LogP contribution in [0.4, 0.5) is 0 Å². The van der Waals surface area contributed by atoms with Gasteiger partial charge in [-0.1, -0.05) is 36.2 Å². The lowest BCUT2D eigenvalue weighted by atomic mass is 9.96. The van der Waals surface area contributed by atoms with Gasteiger partial charge in [-0.25, -0.2) is 0 Å². The van der Waals surface area contributed by atoms with E-state index in [2.05, 4.69) is 11.8 Å². The van der Waals surface area contributed by atoms with E-state index < -0.39 is 0 Å². The number of rotatable bonds is 3. The Bertz CT molecular complexity index is 409. The zero-order valence-corrected chi connectivity index (χ0v) is 12.2. The second-order valence-electron chi connectivity index (χ2n) is 5.16. The van der Waals surface area contributed by atoms with Crippen molar-refractivity contribution in [3.05, 3.63) is 33.8 Å². The molecule has 1 aromatic rings. The van der Waals surface area contributed by atoms with Gasteiger partial charge in [-0.3, -0.25) is 4.90 Å². The first-order valence-electron chi connectivity index (χ1n) is 6.51. The molecule has 1 aliphatic rings. The third-order valence-electron chi connectivity index (χ3n) is 3.67. The largest absolute Gasteiger partial charge is 0.329 e. The van der Waals surface area contributed by atoms with Crippen molar-refractivity contribution in [1.82, 2.24) is 4.90 Å². The van der Waals surface area contributed by atoms with Crippen molar-refractivity contribution in [3.8, 4) is 0 Å². The van der Waals surface area contributed by atoms with Crippen LogP contribution in [0.2, 0.25) is 10.0 Å². The van der Waals surface area contributed by atoms with Crippen LogP contribution >= 0.6 is 23.2 Å². The highest BCUT2D eigenvalue weighted by Gasteiger charge is 2.25. The maximum Gasteiger partial charge on any atom is 0.0485 e. The fourth-order valence-corrected chi connectivity index (χ4v) is 3.29. The van der Waals surface area contributed by atoms with Crippen molar-refractivity contribution in [2.24, 2.45) is 11.7 Å². The molecule has 0 spiro atoms. The lowest BCUT2D eigenvalue weighted by molar-refractivity contribution is 0.133. The molecule has 1 heterocycles. The van der Waals surface area contributed by atoms with Crippen LogP contribution < -0.4 is 5.73 Å². The Morgan fingerprint density at radius 1 is 1.44 bits per heavy atom. The first-order chi connectivity index (χ1) is 8.61. The van der Waals surface area contributed by atoms with Gasteiger partial charge >= 0.3 is 0 Å². The van der Waals surface area contributed by atoms with E-state index in [4.69, 9.17) is 28.9 Å². The van der Waals surface area contributed by atoms with E-state index in [1.807, 2.05) is 12.1 Å². The lowest BCUT2D eigenvalue weighted by Crippen LogP contribution is -2.40. The van der Waals surface area contributed by atoms with E-state index in [1.165, 1.54) is 12.8 Å². The molecule has 0 bridgehead atoms. The zero-order valence-electron chi connectivity index (χ0n) is 10.7. The predicted octanol–water partition coefficient (Wildman–Crippen LogP) is 3.73.